The molecule has 1 saturated heterocycles. The van der Waals surface area contributed by atoms with Crippen LogP contribution in [0.15, 0.2) is 36.5 Å². The summed E-state index contributed by atoms with van der Waals surface area (Å²) in [6, 6.07) is 1.10. The summed E-state index contributed by atoms with van der Waals surface area (Å²) < 4.78 is 98.5. The highest BCUT2D eigenvalue weighted by Crippen LogP contribution is 2.46. The number of carbonyl (C=O) groups is 4. The van der Waals surface area contributed by atoms with Crippen LogP contribution in [0.25, 0.3) is 10.8 Å². The number of allylic oxidation sites excluding steroid dienone is 1. The second kappa shape index (κ2) is 15.7. The molecule has 2 saturated carbocycles. The van der Waals surface area contributed by atoms with Gasteiger partial charge in [-0.2, -0.15) is 13.2 Å². The lowest BCUT2D eigenvalue weighted by Gasteiger charge is -2.33. The summed E-state index contributed by atoms with van der Waals surface area (Å²) in [5, 5.41) is 5.02. The molecule has 0 spiro atoms. The summed E-state index contributed by atoms with van der Waals surface area (Å²) in [6.45, 7) is 3.91. The number of nitrogens with zero attached hydrogens (tertiary/aromatic N) is 2. The maximum absolute atomic E-state index is 14.6. The Hall–Kier alpha value is -4.68. The number of rotatable bonds is 8. The number of hydrogen-bond acceptors (Lipinski definition) is 10. The number of ether oxygens (including phenoxy) is 3. The van der Waals surface area contributed by atoms with E-state index in [0.717, 1.165) is 4.90 Å². The van der Waals surface area contributed by atoms with Crippen LogP contribution in [0.1, 0.15) is 65.7 Å². The van der Waals surface area contributed by atoms with E-state index in [-0.39, 0.29) is 42.3 Å². The van der Waals surface area contributed by atoms with Gasteiger partial charge in [-0.25, -0.2) is 22.6 Å². The van der Waals surface area contributed by atoms with Gasteiger partial charge in [0.2, 0.25) is 27.7 Å². The molecule has 56 heavy (non-hydrogen) atoms. The molecule has 19 heteroatoms. The molecule has 0 bridgehead atoms. The Morgan fingerprint density at radius 1 is 1.11 bits per heavy atom. The molecule has 2 aliphatic heterocycles. The summed E-state index contributed by atoms with van der Waals surface area (Å²) in [7, 11) is -2.64. The van der Waals surface area contributed by atoms with Gasteiger partial charge >= 0.3 is 12.3 Å². The topological polar surface area (TPSA) is 182 Å². The minimum absolute atomic E-state index is 0.0454. The van der Waals surface area contributed by atoms with Crippen molar-refractivity contribution >= 4 is 44.6 Å². The van der Waals surface area contributed by atoms with Crippen molar-refractivity contribution in [2.75, 3.05) is 13.7 Å². The molecule has 3 N–H and O–H groups in total. The third kappa shape index (κ3) is 8.81. The summed E-state index contributed by atoms with van der Waals surface area (Å²) in [6.07, 6.45) is -2.72. The Morgan fingerprint density at radius 3 is 2.52 bits per heavy atom. The van der Waals surface area contributed by atoms with Gasteiger partial charge in [-0.1, -0.05) is 26.0 Å². The highest BCUT2D eigenvalue weighted by molar-refractivity contribution is 7.91. The second-order valence-corrected chi connectivity index (χ2v) is 17.2. The third-order valence-electron chi connectivity index (χ3n) is 10.9. The van der Waals surface area contributed by atoms with Crippen LogP contribution in [0, 0.1) is 23.6 Å². The van der Waals surface area contributed by atoms with Gasteiger partial charge < -0.3 is 29.7 Å². The van der Waals surface area contributed by atoms with E-state index in [1.165, 1.54) is 25.4 Å². The van der Waals surface area contributed by atoms with Gasteiger partial charge in [-0.05, 0) is 69.4 Å². The van der Waals surface area contributed by atoms with Crippen molar-refractivity contribution in [3.8, 4) is 11.6 Å². The quantitative estimate of drug-likeness (QED) is 0.257. The summed E-state index contributed by atoms with van der Waals surface area (Å²) in [4.78, 5) is 61.0. The largest absolute Gasteiger partial charge is 0.496 e. The van der Waals surface area contributed by atoms with Gasteiger partial charge in [0, 0.05) is 30.0 Å². The molecule has 1 unspecified atom stereocenters. The van der Waals surface area contributed by atoms with E-state index in [0.29, 0.717) is 44.4 Å². The second-order valence-electron chi connectivity index (χ2n) is 15.3. The number of sulfonamides is 1. The number of nitrogens with one attached hydrogen (secondary N) is 3. The molecular formula is C37H45F4N5O9S. The predicted molar refractivity (Wildman–Crippen MR) is 192 cm³/mol. The van der Waals surface area contributed by atoms with Crippen LogP contribution in [0.4, 0.5) is 22.4 Å². The lowest BCUT2D eigenvalue weighted by atomic mass is 9.88. The Balaban J connectivity index is 1.35. The number of methoxy groups -OCH3 is 1. The Morgan fingerprint density at radius 2 is 1.84 bits per heavy atom. The number of pyridine rings is 1. The number of fused-ring (bicyclic) bond motifs is 3. The van der Waals surface area contributed by atoms with Crippen LogP contribution in [0.3, 0.4) is 0 Å². The molecule has 2 aliphatic carbocycles. The fourth-order valence-corrected chi connectivity index (χ4v) is 8.86. The third-order valence-corrected chi connectivity index (χ3v) is 12.7. The van der Waals surface area contributed by atoms with E-state index < -0.39 is 92.7 Å². The van der Waals surface area contributed by atoms with E-state index in [9.17, 15) is 45.2 Å². The zero-order valence-corrected chi connectivity index (χ0v) is 32.0. The number of benzene rings is 1. The highest BCUT2D eigenvalue weighted by Gasteiger charge is 2.62. The van der Waals surface area contributed by atoms with Gasteiger partial charge in [0.1, 0.15) is 35.3 Å². The maximum atomic E-state index is 14.6. The van der Waals surface area contributed by atoms with E-state index in [4.69, 9.17) is 9.47 Å². The molecule has 6 rings (SSSR count). The van der Waals surface area contributed by atoms with Crippen molar-refractivity contribution in [3.63, 3.8) is 0 Å². The SMILES string of the molecule is COc1cc(F)cc2c(O[C@@H]3C[C@H]4C(=O)N[C@]5(C(=O)NS(=O)(=O)C6CC6)CC5/C=C\CC[C@H](C)C[C@@H](C)[C@H](NC(=O)O[C@H](C)C(F)(F)F)C(=O)N4C3)nccc12. The molecule has 306 valence electrons. The number of hydrogen-bond donors (Lipinski definition) is 3. The molecule has 14 nitrogen and oxygen atoms in total. The molecule has 3 heterocycles. The number of aromatic nitrogens is 1. The number of halogens is 4. The van der Waals surface area contributed by atoms with Crippen LogP contribution in [0.2, 0.25) is 0 Å². The molecule has 1 aromatic carbocycles. The average Bonchev–Trinajstić information content (AvgIpc) is 4.05. The Labute approximate surface area is 321 Å². The van der Waals surface area contributed by atoms with Crippen molar-refractivity contribution in [2.24, 2.45) is 17.8 Å². The molecule has 2 aromatic rings. The zero-order valence-electron chi connectivity index (χ0n) is 31.2. The number of alkyl carbamates (subject to hydrolysis) is 1. The molecule has 4 aliphatic rings. The minimum atomic E-state index is -4.87. The Kier molecular flexibility index (Phi) is 11.5. The number of alkyl halides is 3. The fraction of sp³-hybridized carbons (Fsp3) is 0.595. The van der Waals surface area contributed by atoms with E-state index in [1.807, 2.05) is 13.0 Å². The van der Waals surface area contributed by atoms with Gasteiger partial charge in [0.15, 0.2) is 6.10 Å². The number of carbonyl (C=O) groups excluding carboxylic acids is 4. The summed E-state index contributed by atoms with van der Waals surface area (Å²) in [5.74, 6) is -4.37. The Bertz CT molecular complexity index is 2010. The van der Waals surface area contributed by atoms with Crippen LogP contribution in [0.5, 0.6) is 11.6 Å². The van der Waals surface area contributed by atoms with Gasteiger partial charge in [0.25, 0.3) is 5.91 Å². The first-order valence-corrected chi connectivity index (χ1v) is 20.1. The zero-order chi connectivity index (χ0) is 40.7. The lowest BCUT2D eigenvalue weighted by Crippen LogP contribution is -2.59. The highest BCUT2D eigenvalue weighted by atomic mass is 32.2. The van der Waals surface area contributed by atoms with Crippen molar-refractivity contribution in [1.29, 1.82) is 0 Å². The summed E-state index contributed by atoms with van der Waals surface area (Å²) >= 11 is 0. The first kappa shape index (κ1) is 41.0. The predicted octanol–water partition coefficient (Wildman–Crippen LogP) is 4.27. The maximum Gasteiger partial charge on any atom is 0.425 e. The van der Waals surface area contributed by atoms with E-state index in [1.54, 1.807) is 19.1 Å². The average molecular weight is 812 g/mol. The monoisotopic (exact) mass is 811 g/mol. The van der Waals surface area contributed by atoms with Gasteiger partial charge in [0.05, 0.1) is 24.3 Å². The number of amides is 4. The van der Waals surface area contributed by atoms with Crippen LogP contribution in [-0.4, -0.2) is 97.0 Å². The van der Waals surface area contributed by atoms with E-state index in [2.05, 4.69) is 25.1 Å². The lowest BCUT2D eigenvalue weighted by molar-refractivity contribution is -0.197. The first-order valence-electron chi connectivity index (χ1n) is 18.5. The molecule has 3 fully saturated rings. The molecule has 0 radical (unpaired) electrons. The first-order chi connectivity index (χ1) is 26.3. The van der Waals surface area contributed by atoms with E-state index >= 15 is 0 Å². The minimum Gasteiger partial charge on any atom is -0.496 e. The van der Waals surface area contributed by atoms with Crippen LogP contribution < -0.4 is 24.8 Å². The molecule has 1 aromatic heterocycles. The fourth-order valence-electron chi connectivity index (χ4n) is 7.50. The smallest absolute Gasteiger partial charge is 0.425 e. The van der Waals surface area contributed by atoms with Crippen molar-refractivity contribution < 1.29 is 59.4 Å². The normalized spacial score (nSPS) is 29.8. The molecule has 4 amide bonds. The molecule has 8 atom stereocenters. The van der Waals surface area contributed by atoms with Crippen molar-refractivity contribution in [2.45, 2.75) is 107 Å². The summed E-state index contributed by atoms with van der Waals surface area (Å²) in [5.41, 5.74) is -1.66. The van der Waals surface area contributed by atoms with Gasteiger partial charge in [-0.3, -0.25) is 19.1 Å². The standard InChI is InChI=1S/C37H45F4N5O9S/c1-19-7-5-6-8-22-17-36(22,34(49)45-56(51,52)25-9-10-25)44-31(47)28-16-24(55-32-27-14-23(38)15-29(53-4)26(27)11-12-42-32)18-46(28)33(48)30(20(2)13-19)43-35(50)54-21(3)37(39,40)41/h6,8,11-12,14-15,19-22,24-25,28,30H,5,7,9-10,13,16-18H2,1-4H3,(H,43,50)(H,44,47)(H,45,49)/b8-6-/t19-,20+,21+,22?,24+,28-,30-,36+/m0/s1. The van der Waals surface area contributed by atoms with Gasteiger partial charge in [-0.15, -0.1) is 0 Å². The van der Waals surface area contributed by atoms with Crippen molar-refractivity contribution in [1.82, 2.24) is 25.2 Å². The van der Waals surface area contributed by atoms with Crippen LogP contribution >= 0.6 is 0 Å². The van der Waals surface area contributed by atoms with Crippen LogP contribution in [-0.2, 0) is 29.1 Å². The molecular weight excluding hydrogens is 766 g/mol. The van der Waals surface area contributed by atoms with Crippen molar-refractivity contribution in [3.05, 3.63) is 42.4 Å².